The molecule has 142 valence electrons. The van der Waals surface area contributed by atoms with E-state index in [0.717, 1.165) is 11.1 Å². The van der Waals surface area contributed by atoms with Gasteiger partial charge in [-0.2, -0.15) is 0 Å². The normalized spacial score (nSPS) is 10.2. The lowest BCUT2D eigenvalue weighted by molar-refractivity contribution is 0.0706. The first-order valence-electron chi connectivity index (χ1n) is 8.42. The van der Waals surface area contributed by atoms with Crippen molar-refractivity contribution in [3.63, 3.8) is 0 Å². The maximum atomic E-state index is 12.1. The van der Waals surface area contributed by atoms with Gasteiger partial charge in [0.1, 0.15) is 5.75 Å². The van der Waals surface area contributed by atoms with Crippen molar-refractivity contribution in [2.45, 2.75) is 0 Å². The van der Waals surface area contributed by atoms with Gasteiger partial charge in [-0.15, -0.1) is 0 Å². The summed E-state index contributed by atoms with van der Waals surface area (Å²) in [6.07, 6.45) is 0. The summed E-state index contributed by atoms with van der Waals surface area (Å²) in [7, 11) is 1.55. The van der Waals surface area contributed by atoms with Crippen LogP contribution in [0.15, 0.2) is 72.8 Å². The molecule has 0 aliphatic heterocycles. The molecule has 28 heavy (non-hydrogen) atoms. The zero-order chi connectivity index (χ0) is 20.1. The summed E-state index contributed by atoms with van der Waals surface area (Å²) in [5.41, 5.74) is 10.4. The van der Waals surface area contributed by atoms with Crippen LogP contribution in [0.4, 0.5) is 16.2 Å². The van der Waals surface area contributed by atoms with E-state index < -0.39 is 11.9 Å². The minimum atomic E-state index is -0.625. The van der Waals surface area contributed by atoms with Crippen LogP contribution >= 0.6 is 0 Å². The Morgan fingerprint density at radius 1 is 0.929 bits per heavy atom. The second kappa shape index (κ2) is 8.24. The van der Waals surface area contributed by atoms with Gasteiger partial charge >= 0.3 is 6.03 Å². The highest BCUT2D eigenvalue weighted by Crippen LogP contribution is 2.31. The van der Waals surface area contributed by atoms with Gasteiger partial charge in [-0.1, -0.05) is 30.3 Å². The Balaban J connectivity index is 1.98. The van der Waals surface area contributed by atoms with Gasteiger partial charge in [0.05, 0.1) is 18.5 Å². The molecule has 0 atom stereocenters. The molecule has 0 aromatic heterocycles. The average Bonchev–Trinajstić information content (AvgIpc) is 2.73. The molecule has 0 unspecified atom stereocenters. The first-order chi connectivity index (χ1) is 13.5. The van der Waals surface area contributed by atoms with Crippen molar-refractivity contribution in [3.05, 3.63) is 78.4 Å². The van der Waals surface area contributed by atoms with Gasteiger partial charge < -0.3 is 10.5 Å². The molecule has 3 rings (SSSR count). The van der Waals surface area contributed by atoms with E-state index in [0.29, 0.717) is 22.7 Å². The summed E-state index contributed by atoms with van der Waals surface area (Å²) in [5, 5.41) is 8.71. The number of nitrogens with zero attached hydrogens (tertiary/aromatic N) is 1. The lowest BCUT2D eigenvalue weighted by Gasteiger charge is -2.22. The van der Waals surface area contributed by atoms with Crippen LogP contribution in [-0.2, 0) is 0 Å². The van der Waals surface area contributed by atoms with Gasteiger partial charge in [0.25, 0.3) is 5.91 Å². The van der Waals surface area contributed by atoms with E-state index in [1.807, 2.05) is 18.2 Å². The third-order valence-corrected chi connectivity index (χ3v) is 4.22. The molecule has 0 fully saturated rings. The summed E-state index contributed by atoms with van der Waals surface area (Å²) in [6, 6.07) is 20.4. The smallest absolute Gasteiger partial charge is 0.323 e. The first-order valence-corrected chi connectivity index (χ1v) is 8.42. The number of urea groups is 1. The highest BCUT2D eigenvalue weighted by Gasteiger charge is 2.16. The molecule has 0 radical (unpaired) electrons. The van der Waals surface area contributed by atoms with Crippen LogP contribution in [0.1, 0.15) is 10.4 Å². The molecule has 0 heterocycles. The van der Waals surface area contributed by atoms with Gasteiger partial charge in [-0.05, 0) is 47.5 Å². The molecule has 0 saturated carbocycles. The molecule has 0 aliphatic rings. The number of primary amides is 1. The average molecular weight is 377 g/mol. The molecule has 7 nitrogen and oxygen atoms in total. The first kappa shape index (κ1) is 18.9. The minimum absolute atomic E-state index is 0.331. The van der Waals surface area contributed by atoms with Crippen molar-refractivity contribution < 1.29 is 19.5 Å². The second-order valence-corrected chi connectivity index (χ2v) is 5.94. The van der Waals surface area contributed by atoms with Gasteiger partial charge in [-0.3, -0.25) is 14.9 Å². The van der Waals surface area contributed by atoms with Crippen molar-refractivity contribution >= 4 is 23.3 Å². The van der Waals surface area contributed by atoms with Crippen LogP contribution in [0.25, 0.3) is 11.1 Å². The Kier molecular flexibility index (Phi) is 5.57. The van der Waals surface area contributed by atoms with E-state index in [-0.39, 0.29) is 0 Å². The van der Waals surface area contributed by atoms with Crippen molar-refractivity contribution in [2.24, 2.45) is 5.73 Å². The number of nitrogens with one attached hydrogen (secondary N) is 1. The van der Waals surface area contributed by atoms with Crippen molar-refractivity contribution in [3.8, 4) is 16.9 Å². The molecule has 3 amide bonds. The highest BCUT2D eigenvalue weighted by molar-refractivity contribution is 5.99. The molecule has 3 aromatic rings. The fourth-order valence-corrected chi connectivity index (χ4v) is 2.86. The standard InChI is InChI=1S/C21H19N3O4/c1-28-19-7-3-6-18(13-19)24(21(22)26)17-5-2-4-16(12-17)14-8-10-15(11-9-14)20(25)23-27/h2-13,27H,1H3,(H2,22,26)(H,23,25). The SMILES string of the molecule is COc1cccc(N(C(N)=O)c2cccc(-c3ccc(C(=O)NO)cc3)c2)c1. The number of rotatable bonds is 5. The molecule has 3 aromatic carbocycles. The molecule has 4 N–H and O–H groups in total. The fourth-order valence-electron chi connectivity index (χ4n) is 2.86. The summed E-state index contributed by atoms with van der Waals surface area (Å²) in [6.45, 7) is 0. The fraction of sp³-hybridized carbons (Fsp3) is 0.0476. The quantitative estimate of drug-likeness (QED) is 0.466. The van der Waals surface area contributed by atoms with Crippen molar-refractivity contribution in [1.29, 1.82) is 0 Å². The monoisotopic (exact) mass is 377 g/mol. The van der Waals surface area contributed by atoms with Crippen LogP contribution in [0.5, 0.6) is 5.75 Å². The highest BCUT2D eigenvalue weighted by atomic mass is 16.5. The predicted molar refractivity (Wildman–Crippen MR) is 106 cm³/mol. The Morgan fingerprint density at radius 2 is 1.57 bits per heavy atom. The zero-order valence-electron chi connectivity index (χ0n) is 15.1. The maximum absolute atomic E-state index is 12.1. The Labute approximate surface area is 161 Å². The lowest BCUT2D eigenvalue weighted by atomic mass is 10.0. The summed E-state index contributed by atoms with van der Waals surface area (Å²) < 4.78 is 5.22. The molecular formula is C21H19N3O4. The molecule has 0 saturated heterocycles. The minimum Gasteiger partial charge on any atom is -0.497 e. The number of ether oxygens (including phenoxy) is 1. The number of hydroxylamine groups is 1. The van der Waals surface area contributed by atoms with Crippen LogP contribution in [0, 0.1) is 0 Å². The maximum Gasteiger partial charge on any atom is 0.323 e. The van der Waals surface area contributed by atoms with Crippen LogP contribution in [-0.4, -0.2) is 24.3 Å². The molecule has 7 heteroatoms. The van der Waals surface area contributed by atoms with Gasteiger partial charge in [0, 0.05) is 11.6 Å². The second-order valence-electron chi connectivity index (χ2n) is 5.94. The number of methoxy groups -OCH3 is 1. The largest absolute Gasteiger partial charge is 0.497 e. The number of amides is 3. The Hall–Kier alpha value is -3.84. The van der Waals surface area contributed by atoms with Crippen molar-refractivity contribution in [2.75, 3.05) is 12.0 Å². The van der Waals surface area contributed by atoms with E-state index >= 15 is 0 Å². The summed E-state index contributed by atoms with van der Waals surface area (Å²) >= 11 is 0. The predicted octanol–water partition coefficient (Wildman–Crippen LogP) is 3.70. The summed E-state index contributed by atoms with van der Waals surface area (Å²) in [4.78, 5) is 25.0. The van der Waals surface area contributed by atoms with E-state index in [1.54, 1.807) is 67.2 Å². The van der Waals surface area contributed by atoms with Gasteiger partial charge in [0.2, 0.25) is 0 Å². The number of hydrogen-bond donors (Lipinski definition) is 3. The van der Waals surface area contributed by atoms with Crippen LogP contribution in [0.3, 0.4) is 0 Å². The molecule has 0 bridgehead atoms. The molecule has 0 spiro atoms. The number of anilines is 2. The Morgan fingerprint density at radius 3 is 2.18 bits per heavy atom. The zero-order valence-corrected chi connectivity index (χ0v) is 15.1. The molecular weight excluding hydrogens is 358 g/mol. The third-order valence-electron chi connectivity index (χ3n) is 4.22. The van der Waals surface area contributed by atoms with E-state index in [1.165, 1.54) is 4.90 Å². The summed E-state index contributed by atoms with van der Waals surface area (Å²) in [5.74, 6) is 0.0240. The van der Waals surface area contributed by atoms with E-state index in [2.05, 4.69) is 0 Å². The number of benzene rings is 3. The van der Waals surface area contributed by atoms with Crippen LogP contribution in [0.2, 0.25) is 0 Å². The Bertz CT molecular complexity index is 1000. The number of hydrogen-bond acceptors (Lipinski definition) is 4. The number of carbonyl (C=O) groups excluding carboxylic acids is 2. The van der Waals surface area contributed by atoms with Crippen LogP contribution < -0.4 is 20.9 Å². The number of nitrogens with two attached hydrogens (primary N) is 1. The van der Waals surface area contributed by atoms with Gasteiger partial charge in [0.15, 0.2) is 0 Å². The van der Waals surface area contributed by atoms with E-state index in [4.69, 9.17) is 15.7 Å². The van der Waals surface area contributed by atoms with E-state index in [9.17, 15) is 9.59 Å². The topological polar surface area (TPSA) is 105 Å². The lowest BCUT2D eigenvalue weighted by Crippen LogP contribution is -2.31. The number of carbonyl (C=O) groups is 2. The third kappa shape index (κ3) is 3.94. The van der Waals surface area contributed by atoms with Crippen molar-refractivity contribution in [1.82, 2.24) is 5.48 Å². The van der Waals surface area contributed by atoms with Gasteiger partial charge in [-0.25, -0.2) is 10.3 Å². The molecule has 0 aliphatic carbocycles.